The lowest BCUT2D eigenvalue weighted by molar-refractivity contribution is -0.112. The van der Waals surface area contributed by atoms with Gasteiger partial charge >= 0.3 is 10.1 Å². The summed E-state index contributed by atoms with van der Waals surface area (Å²) >= 11 is 0. The zero-order valence-electron chi connectivity index (χ0n) is 18.3. The molecule has 0 aliphatic heterocycles. The van der Waals surface area contributed by atoms with Crippen molar-refractivity contribution in [3.63, 3.8) is 0 Å². The monoisotopic (exact) mass is 462 g/mol. The summed E-state index contributed by atoms with van der Waals surface area (Å²) in [5, 5.41) is 12.2. The molecule has 0 spiro atoms. The van der Waals surface area contributed by atoms with Crippen LogP contribution in [0.5, 0.6) is 11.5 Å². The second-order valence-corrected chi connectivity index (χ2v) is 8.79. The predicted octanol–water partition coefficient (Wildman–Crippen LogP) is 4.63. The normalized spacial score (nSPS) is 11.4. The van der Waals surface area contributed by atoms with Gasteiger partial charge in [0, 0.05) is 17.3 Å². The van der Waals surface area contributed by atoms with Gasteiger partial charge in [0.05, 0.1) is 7.11 Å². The standard InChI is InChI=1S/C25H22N2O5S/c1-17-7-11-23(12-8-17)33(29,30)32-24-15-22(31-3)10-9-19(24)14-20(16-26)25(28)27-21-6-4-5-18(2)13-21/h4-15H,1-3H3,(H,27,28)/b20-14+. The molecule has 0 fully saturated rings. The second-order valence-electron chi connectivity index (χ2n) is 7.25. The molecular weight excluding hydrogens is 440 g/mol. The Labute approximate surface area is 193 Å². The van der Waals surface area contributed by atoms with Crippen molar-refractivity contribution in [3.8, 4) is 17.6 Å². The Kier molecular flexibility index (Phi) is 7.16. The van der Waals surface area contributed by atoms with Gasteiger partial charge in [0.1, 0.15) is 22.3 Å². The predicted molar refractivity (Wildman–Crippen MR) is 125 cm³/mol. The van der Waals surface area contributed by atoms with Gasteiger partial charge in [0.25, 0.3) is 5.91 Å². The van der Waals surface area contributed by atoms with Gasteiger partial charge in [0.15, 0.2) is 5.75 Å². The highest BCUT2D eigenvalue weighted by molar-refractivity contribution is 7.87. The van der Waals surface area contributed by atoms with Crippen LogP contribution in [-0.2, 0) is 14.9 Å². The first-order chi connectivity index (χ1) is 15.7. The van der Waals surface area contributed by atoms with E-state index in [0.29, 0.717) is 11.4 Å². The summed E-state index contributed by atoms with van der Waals surface area (Å²) in [5.74, 6) is -0.360. The van der Waals surface area contributed by atoms with E-state index in [4.69, 9.17) is 8.92 Å². The fraction of sp³-hybridized carbons (Fsp3) is 0.120. The van der Waals surface area contributed by atoms with Gasteiger partial charge in [-0.25, -0.2) is 0 Å². The van der Waals surface area contributed by atoms with E-state index in [-0.39, 0.29) is 21.8 Å². The number of anilines is 1. The number of carbonyl (C=O) groups is 1. The van der Waals surface area contributed by atoms with E-state index in [2.05, 4.69) is 5.32 Å². The average molecular weight is 463 g/mol. The fourth-order valence-electron chi connectivity index (χ4n) is 2.93. The lowest BCUT2D eigenvalue weighted by atomic mass is 10.1. The zero-order valence-corrected chi connectivity index (χ0v) is 19.1. The molecule has 3 aromatic carbocycles. The van der Waals surface area contributed by atoms with E-state index in [1.807, 2.05) is 26.0 Å². The number of amides is 1. The third kappa shape index (κ3) is 5.99. The number of methoxy groups -OCH3 is 1. The van der Waals surface area contributed by atoms with E-state index in [1.165, 1.54) is 37.5 Å². The van der Waals surface area contributed by atoms with Crippen LogP contribution in [0.2, 0.25) is 0 Å². The first kappa shape index (κ1) is 23.6. The van der Waals surface area contributed by atoms with E-state index >= 15 is 0 Å². The van der Waals surface area contributed by atoms with Crippen LogP contribution in [0.1, 0.15) is 16.7 Å². The number of hydrogen-bond donors (Lipinski definition) is 1. The van der Waals surface area contributed by atoms with Crippen molar-refractivity contribution >= 4 is 27.8 Å². The second kappa shape index (κ2) is 10.0. The molecule has 0 saturated heterocycles. The van der Waals surface area contributed by atoms with Crippen molar-refractivity contribution in [2.45, 2.75) is 18.7 Å². The number of ether oxygens (including phenoxy) is 1. The van der Waals surface area contributed by atoms with Crippen LogP contribution < -0.4 is 14.2 Å². The zero-order chi connectivity index (χ0) is 24.0. The Balaban J connectivity index is 1.96. The summed E-state index contributed by atoms with van der Waals surface area (Å²) in [6.07, 6.45) is 1.27. The molecule has 0 atom stereocenters. The Morgan fingerprint density at radius 1 is 1.00 bits per heavy atom. The first-order valence-corrected chi connectivity index (χ1v) is 11.3. The van der Waals surface area contributed by atoms with Crippen LogP contribution in [0.25, 0.3) is 6.08 Å². The highest BCUT2D eigenvalue weighted by atomic mass is 32.2. The van der Waals surface area contributed by atoms with Gasteiger partial charge in [-0.2, -0.15) is 13.7 Å². The minimum atomic E-state index is -4.16. The number of rotatable bonds is 7. The molecule has 7 nitrogen and oxygen atoms in total. The molecule has 0 saturated carbocycles. The molecule has 3 rings (SSSR count). The molecule has 0 aliphatic rings. The number of carbonyl (C=O) groups excluding carboxylic acids is 1. The summed E-state index contributed by atoms with van der Waals surface area (Å²) in [4.78, 5) is 12.6. The molecular formula is C25H22N2O5S. The van der Waals surface area contributed by atoms with Crippen LogP contribution in [-0.4, -0.2) is 21.4 Å². The smallest absolute Gasteiger partial charge is 0.339 e. The molecule has 1 amide bonds. The molecule has 0 aliphatic carbocycles. The molecule has 3 aromatic rings. The number of benzene rings is 3. The Hall–Kier alpha value is -4.09. The average Bonchev–Trinajstić information content (AvgIpc) is 2.78. The number of hydrogen-bond acceptors (Lipinski definition) is 6. The van der Waals surface area contributed by atoms with E-state index in [0.717, 1.165) is 11.1 Å². The summed E-state index contributed by atoms with van der Waals surface area (Å²) in [6.45, 7) is 3.72. The van der Waals surface area contributed by atoms with Crippen molar-refractivity contribution in [1.82, 2.24) is 0 Å². The van der Waals surface area contributed by atoms with Crippen molar-refractivity contribution < 1.29 is 22.1 Å². The summed E-state index contributed by atoms with van der Waals surface area (Å²) < 4.78 is 36.1. The lowest BCUT2D eigenvalue weighted by Gasteiger charge is -2.12. The quantitative estimate of drug-likeness (QED) is 0.312. The molecule has 8 heteroatoms. The maximum Gasteiger partial charge on any atom is 0.339 e. The summed E-state index contributed by atoms with van der Waals surface area (Å²) in [5.41, 5.74) is 2.38. The van der Waals surface area contributed by atoms with Crippen molar-refractivity contribution in [2.24, 2.45) is 0 Å². The molecule has 1 N–H and O–H groups in total. The molecule has 168 valence electrons. The first-order valence-electron chi connectivity index (χ1n) is 9.91. The highest BCUT2D eigenvalue weighted by Crippen LogP contribution is 2.30. The molecule has 0 heterocycles. The maximum absolute atomic E-state index is 12.8. The lowest BCUT2D eigenvalue weighted by Crippen LogP contribution is -2.14. The third-order valence-corrected chi connectivity index (χ3v) is 5.92. The topological polar surface area (TPSA) is 105 Å². The van der Waals surface area contributed by atoms with E-state index in [1.54, 1.807) is 36.4 Å². The SMILES string of the molecule is COc1ccc(/C=C(\C#N)C(=O)Nc2cccc(C)c2)c(OS(=O)(=O)c2ccc(C)cc2)c1. The Morgan fingerprint density at radius 2 is 1.73 bits per heavy atom. The van der Waals surface area contributed by atoms with Crippen LogP contribution in [0.15, 0.2) is 77.2 Å². The van der Waals surface area contributed by atoms with Crippen LogP contribution in [0.4, 0.5) is 5.69 Å². The van der Waals surface area contributed by atoms with Gasteiger partial charge < -0.3 is 14.2 Å². The largest absolute Gasteiger partial charge is 0.497 e. The fourth-order valence-corrected chi connectivity index (χ4v) is 3.88. The number of aryl methyl sites for hydroxylation is 2. The van der Waals surface area contributed by atoms with Gasteiger partial charge in [-0.05, 0) is 61.9 Å². The summed E-state index contributed by atoms with van der Waals surface area (Å²) in [7, 11) is -2.73. The molecule has 0 bridgehead atoms. The van der Waals surface area contributed by atoms with Crippen LogP contribution in [0.3, 0.4) is 0 Å². The van der Waals surface area contributed by atoms with Crippen LogP contribution >= 0.6 is 0 Å². The van der Waals surface area contributed by atoms with Crippen molar-refractivity contribution in [1.29, 1.82) is 5.26 Å². The minimum absolute atomic E-state index is 0.0245. The molecule has 0 aromatic heterocycles. The van der Waals surface area contributed by atoms with Gasteiger partial charge in [0.2, 0.25) is 0 Å². The van der Waals surface area contributed by atoms with Crippen molar-refractivity contribution in [2.75, 3.05) is 12.4 Å². The van der Waals surface area contributed by atoms with Gasteiger partial charge in [-0.1, -0.05) is 29.8 Å². The third-order valence-electron chi connectivity index (χ3n) is 4.67. The summed E-state index contributed by atoms with van der Waals surface area (Å²) in [6, 6.07) is 19.7. The molecule has 33 heavy (non-hydrogen) atoms. The van der Waals surface area contributed by atoms with E-state index < -0.39 is 16.0 Å². The van der Waals surface area contributed by atoms with E-state index in [9.17, 15) is 18.5 Å². The minimum Gasteiger partial charge on any atom is -0.497 e. The number of nitrogens with zero attached hydrogens (tertiary/aromatic N) is 1. The number of nitriles is 1. The molecule has 0 unspecified atom stereocenters. The maximum atomic E-state index is 12.8. The highest BCUT2D eigenvalue weighted by Gasteiger charge is 2.20. The Morgan fingerprint density at radius 3 is 2.36 bits per heavy atom. The number of nitrogens with one attached hydrogen (secondary N) is 1. The Bertz CT molecular complexity index is 1350. The van der Waals surface area contributed by atoms with Gasteiger partial charge in [-0.3, -0.25) is 4.79 Å². The van der Waals surface area contributed by atoms with Crippen LogP contribution in [0, 0.1) is 25.2 Å². The molecule has 0 radical (unpaired) electrons. The van der Waals surface area contributed by atoms with Crippen molar-refractivity contribution in [3.05, 3.63) is 89.0 Å². The van der Waals surface area contributed by atoms with Gasteiger partial charge in [-0.15, -0.1) is 0 Å².